The van der Waals surface area contributed by atoms with Crippen LogP contribution in [-0.2, 0) is 0 Å². The van der Waals surface area contributed by atoms with Crippen LogP contribution in [0.3, 0.4) is 0 Å². The Morgan fingerprint density at radius 2 is 2.09 bits per heavy atom. The second-order valence-electron chi connectivity index (χ2n) is 2.81. The standard InChI is InChI=1S/C8H15ClN2/c1-2-3-4-10-5-6-11(7-9)8-10/h5-6H,2-4,7-8H2,1H3. The van der Waals surface area contributed by atoms with Crippen molar-refractivity contribution in [3.05, 3.63) is 12.4 Å². The van der Waals surface area contributed by atoms with Gasteiger partial charge in [0.05, 0.1) is 12.7 Å². The monoisotopic (exact) mass is 174 g/mol. The first-order chi connectivity index (χ1) is 5.36. The second-order valence-corrected chi connectivity index (χ2v) is 3.05. The number of unbranched alkanes of at least 4 members (excludes halogenated alkanes) is 1. The molecule has 64 valence electrons. The summed E-state index contributed by atoms with van der Waals surface area (Å²) in [5, 5.41) is 0. The summed E-state index contributed by atoms with van der Waals surface area (Å²) in [6, 6.07) is 0.596. The van der Waals surface area contributed by atoms with Gasteiger partial charge in [-0.25, -0.2) is 0 Å². The first-order valence-electron chi connectivity index (χ1n) is 4.09. The number of nitrogens with zero attached hydrogens (tertiary/aromatic N) is 2. The van der Waals surface area contributed by atoms with Crippen molar-refractivity contribution in [2.24, 2.45) is 0 Å². The van der Waals surface area contributed by atoms with E-state index >= 15 is 0 Å². The molecule has 0 saturated carbocycles. The van der Waals surface area contributed by atoms with Crippen molar-refractivity contribution in [3.63, 3.8) is 0 Å². The molecule has 0 spiro atoms. The topological polar surface area (TPSA) is 6.48 Å². The molecule has 0 unspecified atom stereocenters. The third-order valence-electron chi connectivity index (χ3n) is 1.80. The highest BCUT2D eigenvalue weighted by Crippen LogP contribution is 2.07. The molecule has 0 saturated heterocycles. The van der Waals surface area contributed by atoms with Crippen molar-refractivity contribution in [2.75, 3.05) is 19.2 Å². The Hall–Kier alpha value is -0.370. The van der Waals surface area contributed by atoms with E-state index in [9.17, 15) is 0 Å². The van der Waals surface area contributed by atoms with Gasteiger partial charge in [0.15, 0.2) is 0 Å². The molecular formula is C8H15ClN2. The van der Waals surface area contributed by atoms with E-state index in [4.69, 9.17) is 11.6 Å². The summed E-state index contributed by atoms with van der Waals surface area (Å²) in [6.45, 7) is 4.32. The van der Waals surface area contributed by atoms with Crippen LogP contribution in [-0.4, -0.2) is 29.0 Å². The normalized spacial score (nSPS) is 16.5. The zero-order valence-corrected chi connectivity index (χ0v) is 7.72. The third-order valence-corrected chi connectivity index (χ3v) is 2.11. The highest BCUT2D eigenvalue weighted by molar-refractivity contribution is 6.17. The maximum Gasteiger partial charge on any atom is 0.0941 e. The Bertz CT molecular complexity index is 136. The molecule has 0 aromatic rings. The summed E-state index contributed by atoms with van der Waals surface area (Å²) in [5.74, 6) is 0. The lowest BCUT2D eigenvalue weighted by molar-refractivity contribution is 0.285. The van der Waals surface area contributed by atoms with Crippen molar-refractivity contribution in [3.8, 4) is 0 Å². The van der Waals surface area contributed by atoms with Crippen molar-refractivity contribution in [1.29, 1.82) is 0 Å². The molecule has 0 fully saturated rings. The molecule has 0 aliphatic carbocycles. The first-order valence-corrected chi connectivity index (χ1v) is 4.62. The van der Waals surface area contributed by atoms with Gasteiger partial charge in [0.25, 0.3) is 0 Å². The van der Waals surface area contributed by atoms with Crippen molar-refractivity contribution >= 4 is 11.6 Å². The number of halogens is 1. The number of hydrogen-bond acceptors (Lipinski definition) is 2. The maximum absolute atomic E-state index is 5.66. The summed E-state index contributed by atoms with van der Waals surface area (Å²) >= 11 is 5.66. The van der Waals surface area contributed by atoms with Crippen molar-refractivity contribution < 1.29 is 0 Å². The summed E-state index contributed by atoms with van der Waals surface area (Å²) < 4.78 is 0. The molecule has 0 amide bonds. The van der Waals surface area contributed by atoms with E-state index in [1.165, 1.54) is 12.8 Å². The second kappa shape index (κ2) is 4.50. The number of rotatable bonds is 4. The van der Waals surface area contributed by atoms with Gasteiger partial charge in [-0.15, -0.1) is 11.6 Å². The maximum atomic E-state index is 5.66. The molecule has 0 N–H and O–H groups in total. The SMILES string of the molecule is CCCCN1C=CN(CCl)C1. The van der Waals surface area contributed by atoms with Crippen LogP contribution < -0.4 is 0 Å². The Morgan fingerprint density at radius 3 is 2.64 bits per heavy atom. The molecule has 0 aromatic heterocycles. The van der Waals surface area contributed by atoms with E-state index in [1.54, 1.807) is 0 Å². The zero-order valence-electron chi connectivity index (χ0n) is 6.96. The predicted molar refractivity (Wildman–Crippen MR) is 48.2 cm³/mol. The van der Waals surface area contributed by atoms with E-state index in [0.717, 1.165) is 13.2 Å². The van der Waals surface area contributed by atoms with Gasteiger partial charge in [-0.2, -0.15) is 0 Å². The van der Waals surface area contributed by atoms with Gasteiger partial charge in [-0.05, 0) is 6.42 Å². The first kappa shape index (κ1) is 8.72. The highest BCUT2D eigenvalue weighted by Gasteiger charge is 2.08. The fourth-order valence-electron chi connectivity index (χ4n) is 1.10. The van der Waals surface area contributed by atoms with Crippen LogP contribution in [0.15, 0.2) is 12.4 Å². The fourth-order valence-corrected chi connectivity index (χ4v) is 1.26. The fraction of sp³-hybridized carbons (Fsp3) is 0.750. The summed E-state index contributed by atoms with van der Waals surface area (Å²) in [4.78, 5) is 4.36. The van der Waals surface area contributed by atoms with Crippen LogP contribution in [0.5, 0.6) is 0 Å². The van der Waals surface area contributed by atoms with Crippen LogP contribution in [0.4, 0.5) is 0 Å². The molecule has 3 heteroatoms. The van der Waals surface area contributed by atoms with Gasteiger partial charge in [0.1, 0.15) is 0 Å². The smallest absolute Gasteiger partial charge is 0.0941 e. The Morgan fingerprint density at radius 1 is 1.36 bits per heavy atom. The van der Waals surface area contributed by atoms with Gasteiger partial charge in [-0.3, -0.25) is 0 Å². The van der Waals surface area contributed by atoms with Gasteiger partial charge < -0.3 is 9.80 Å². The van der Waals surface area contributed by atoms with Crippen LogP contribution in [0, 0.1) is 0 Å². The molecule has 1 aliphatic heterocycles. The van der Waals surface area contributed by atoms with Gasteiger partial charge in [-0.1, -0.05) is 13.3 Å². The highest BCUT2D eigenvalue weighted by atomic mass is 35.5. The predicted octanol–water partition coefficient (Wildman–Crippen LogP) is 2.03. The summed E-state index contributed by atoms with van der Waals surface area (Å²) in [5.41, 5.74) is 0. The lowest BCUT2D eigenvalue weighted by Crippen LogP contribution is -2.25. The molecule has 1 rings (SSSR count). The number of alkyl halides is 1. The van der Waals surface area contributed by atoms with Gasteiger partial charge >= 0.3 is 0 Å². The van der Waals surface area contributed by atoms with E-state index < -0.39 is 0 Å². The van der Waals surface area contributed by atoms with E-state index in [-0.39, 0.29) is 0 Å². The van der Waals surface area contributed by atoms with Crippen LogP contribution in [0.2, 0.25) is 0 Å². The molecule has 2 nitrogen and oxygen atoms in total. The van der Waals surface area contributed by atoms with Gasteiger partial charge in [0, 0.05) is 18.9 Å². The lowest BCUT2D eigenvalue weighted by Gasteiger charge is -2.18. The molecule has 1 heterocycles. The minimum atomic E-state index is 0.596. The quantitative estimate of drug-likeness (QED) is 0.476. The molecule has 1 aliphatic rings. The zero-order chi connectivity index (χ0) is 8.10. The average molecular weight is 175 g/mol. The summed E-state index contributed by atoms with van der Waals surface area (Å²) in [7, 11) is 0. The molecule has 0 aromatic carbocycles. The molecule has 0 atom stereocenters. The van der Waals surface area contributed by atoms with Gasteiger partial charge in [0.2, 0.25) is 0 Å². The Labute approximate surface area is 73.4 Å². The Balaban J connectivity index is 2.15. The minimum absolute atomic E-state index is 0.596. The molecule has 0 bridgehead atoms. The largest absolute Gasteiger partial charge is 0.359 e. The van der Waals surface area contributed by atoms with E-state index in [2.05, 4.69) is 22.9 Å². The molecule has 11 heavy (non-hydrogen) atoms. The van der Waals surface area contributed by atoms with Crippen molar-refractivity contribution in [2.45, 2.75) is 19.8 Å². The van der Waals surface area contributed by atoms with E-state index in [0.29, 0.717) is 6.00 Å². The molecular weight excluding hydrogens is 160 g/mol. The third kappa shape index (κ3) is 2.62. The van der Waals surface area contributed by atoms with Crippen LogP contribution in [0.25, 0.3) is 0 Å². The van der Waals surface area contributed by atoms with Crippen LogP contribution in [0.1, 0.15) is 19.8 Å². The number of hydrogen-bond donors (Lipinski definition) is 0. The van der Waals surface area contributed by atoms with Crippen molar-refractivity contribution in [1.82, 2.24) is 9.80 Å². The lowest BCUT2D eigenvalue weighted by atomic mass is 10.3. The molecule has 0 radical (unpaired) electrons. The minimum Gasteiger partial charge on any atom is -0.359 e. The average Bonchev–Trinajstić information content (AvgIpc) is 2.48. The Kier molecular flexibility index (Phi) is 3.57. The van der Waals surface area contributed by atoms with Crippen LogP contribution >= 0.6 is 11.6 Å². The van der Waals surface area contributed by atoms with E-state index in [1.807, 2.05) is 6.20 Å². The summed E-state index contributed by atoms with van der Waals surface area (Å²) in [6.07, 6.45) is 6.67.